The van der Waals surface area contributed by atoms with E-state index in [4.69, 9.17) is 18.9 Å². The highest BCUT2D eigenvalue weighted by Crippen LogP contribution is 2.31. The molecule has 2 rings (SSSR count). The Morgan fingerprint density at radius 1 is 0.347 bits per heavy atom. The number of unbranched alkanes of at least 4 members (excludes halogenated alkanes) is 62. The number of rotatable bonds is 77. The molecule has 0 spiro atoms. The highest BCUT2D eigenvalue weighted by Gasteiger charge is 2.51. The molecule has 0 saturated carbocycles. The van der Waals surface area contributed by atoms with Crippen molar-refractivity contribution in [3.63, 3.8) is 0 Å². The van der Waals surface area contributed by atoms with Crippen LogP contribution in [0.1, 0.15) is 444 Å². The smallest absolute Gasteiger partial charge is 0.220 e. The van der Waals surface area contributed by atoms with Gasteiger partial charge in [0.25, 0.3) is 0 Å². The lowest BCUT2D eigenvalue weighted by atomic mass is 9.97. The van der Waals surface area contributed by atoms with Gasteiger partial charge in [-0.2, -0.15) is 0 Å². The lowest BCUT2D eigenvalue weighted by molar-refractivity contribution is -0.359. The van der Waals surface area contributed by atoms with Gasteiger partial charge < -0.3 is 65.1 Å². The van der Waals surface area contributed by atoms with Crippen molar-refractivity contribution in [1.82, 2.24) is 5.32 Å². The molecule has 12 atom stereocenters. The maximum Gasteiger partial charge on any atom is 0.220 e. The number of amides is 1. The molecule has 1 amide bonds. The molecule has 14 heteroatoms. The maximum atomic E-state index is 13.4. The molecule has 14 nitrogen and oxygen atoms in total. The number of carbonyl (C=O) groups is 1. The predicted octanol–water partition coefficient (Wildman–Crippen LogP) is 21.2. The minimum Gasteiger partial charge on any atom is -0.394 e. The second-order valence-corrected chi connectivity index (χ2v) is 31.7. The first kappa shape index (κ1) is 95.8. The Balaban J connectivity index is 1.53. The summed E-state index contributed by atoms with van der Waals surface area (Å²) in [6.07, 6.45) is 75.8. The molecular weight excluding hydrogens is 1270 g/mol. The Morgan fingerprint density at radius 3 is 0.941 bits per heavy atom. The van der Waals surface area contributed by atoms with Crippen LogP contribution in [0, 0.1) is 0 Å². The first-order chi connectivity index (χ1) is 49.6. The summed E-state index contributed by atoms with van der Waals surface area (Å²) in [4.78, 5) is 13.4. The van der Waals surface area contributed by atoms with E-state index in [2.05, 4.69) is 31.3 Å². The highest BCUT2D eigenvalue weighted by atomic mass is 16.7. The third-order valence-electron chi connectivity index (χ3n) is 22.2. The molecule has 9 N–H and O–H groups in total. The Kier molecular flexibility index (Phi) is 68.0. The van der Waals surface area contributed by atoms with Crippen LogP contribution in [0.5, 0.6) is 0 Å². The summed E-state index contributed by atoms with van der Waals surface area (Å²) in [5, 5.41) is 88.0. The number of ether oxygens (including phenoxy) is 4. The standard InChI is InChI=1S/C87H169NO13/c1-3-5-7-9-11-13-15-17-19-21-23-25-27-29-31-32-33-34-35-36-37-38-39-40-41-42-43-44-45-47-49-51-53-55-57-59-61-63-65-67-69-71-79(92)88-75(74-98-86-84(97)82(95)85(78(73-90)100-86)101-87-83(96)81(94)80(93)77(72-89)99-87)76(91)70-68-66-64-62-60-58-56-54-52-50-48-46-30-28-26-24-22-20-18-16-14-12-10-8-6-4-2/h21,23,75-78,80-87,89-91,93-97H,3-20,22,24-74H2,1-2H3,(H,88,92)/b23-21-. The summed E-state index contributed by atoms with van der Waals surface area (Å²) < 4.78 is 23.0. The minimum atomic E-state index is -1.78. The van der Waals surface area contributed by atoms with E-state index in [9.17, 15) is 45.6 Å². The molecule has 0 aromatic carbocycles. The fourth-order valence-corrected chi connectivity index (χ4v) is 15.2. The van der Waals surface area contributed by atoms with Gasteiger partial charge in [0, 0.05) is 6.42 Å². The topological polar surface area (TPSA) is 228 Å². The average Bonchev–Trinajstić information content (AvgIpc) is 0.792. The third kappa shape index (κ3) is 54.1. The van der Waals surface area contributed by atoms with Gasteiger partial charge in [0.1, 0.15) is 48.8 Å². The SMILES string of the molecule is CCCCCCCCCC/C=C\CCCCCCCCCCCCCCCCCCCCCCCCCCCCCCCC(=O)NC(COC1OC(CO)C(OC2OC(CO)C(O)C(O)C2O)C(O)C1O)C(O)CCCCCCCCCCCCCCCCCCCCCCCCCCCC. The van der Waals surface area contributed by atoms with Crippen molar-refractivity contribution in [2.75, 3.05) is 19.8 Å². The molecule has 2 aliphatic heterocycles. The van der Waals surface area contributed by atoms with Crippen LogP contribution in [-0.2, 0) is 23.7 Å². The molecule has 0 bridgehead atoms. The average molecular weight is 1440 g/mol. The van der Waals surface area contributed by atoms with Crippen LogP contribution in [0.2, 0.25) is 0 Å². The molecule has 12 unspecified atom stereocenters. The molecule has 600 valence electrons. The first-order valence-corrected chi connectivity index (χ1v) is 44.4. The third-order valence-corrected chi connectivity index (χ3v) is 22.2. The van der Waals surface area contributed by atoms with Crippen LogP contribution >= 0.6 is 0 Å². The van der Waals surface area contributed by atoms with Gasteiger partial charge in [0.05, 0.1) is 32.0 Å². The molecule has 0 aliphatic carbocycles. The molecule has 0 aromatic heterocycles. The molecular formula is C87H169NO13. The van der Waals surface area contributed by atoms with Crippen molar-refractivity contribution in [1.29, 1.82) is 0 Å². The summed E-state index contributed by atoms with van der Waals surface area (Å²) in [5.74, 6) is -0.195. The zero-order valence-electron chi connectivity index (χ0n) is 66.2. The van der Waals surface area contributed by atoms with Crippen molar-refractivity contribution in [2.24, 2.45) is 0 Å². The Morgan fingerprint density at radius 2 is 0.624 bits per heavy atom. The fourth-order valence-electron chi connectivity index (χ4n) is 15.2. The van der Waals surface area contributed by atoms with Crippen LogP contribution in [0.25, 0.3) is 0 Å². The van der Waals surface area contributed by atoms with E-state index in [1.54, 1.807) is 0 Å². The van der Waals surface area contributed by atoms with Crippen molar-refractivity contribution < 1.29 is 64.6 Å². The Labute approximate surface area is 622 Å². The number of aliphatic hydroxyl groups excluding tert-OH is 8. The number of nitrogens with one attached hydrogen (secondary N) is 1. The van der Waals surface area contributed by atoms with Crippen molar-refractivity contribution in [2.45, 2.75) is 518 Å². The number of hydrogen-bond donors (Lipinski definition) is 9. The quantitative estimate of drug-likeness (QED) is 0.0204. The van der Waals surface area contributed by atoms with Gasteiger partial charge in [0.2, 0.25) is 5.91 Å². The van der Waals surface area contributed by atoms with E-state index >= 15 is 0 Å². The fraction of sp³-hybridized carbons (Fsp3) is 0.966. The molecule has 0 aromatic rings. The van der Waals surface area contributed by atoms with Crippen LogP contribution in [0.15, 0.2) is 12.2 Å². The molecule has 2 aliphatic rings. The summed E-state index contributed by atoms with van der Waals surface area (Å²) in [6.45, 7) is 2.95. The van der Waals surface area contributed by atoms with Gasteiger partial charge in [-0.1, -0.05) is 411 Å². The van der Waals surface area contributed by atoms with Gasteiger partial charge in [0.15, 0.2) is 12.6 Å². The second kappa shape index (κ2) is 71.6. The van der Waals surface area contributed by atoms with Crippen molar-refractivity contribution in [3.05, 3.63) is 12.2 Å². The highest BCUT2D eigenvalue weighted by molar-refractivity contribution is 5.76. The lowest BCUT2D eigenvalue weighted by Gasteiger charge is -2.46. The first-order valence-electron chi connectivity index (χ1n) is 44.4. The van der Waals surface area contributed by atoms with Crippen LogP contribution < -0.4 is 5.32 Å². The number of aliphatic hydroxyl groups is 8. The summed E-state index contributed by atoms with van der Waals surface area (Å²) >= 11 is 0. The van der Waals surface area contributed by atoms with E-state index in [0.29, 0.717) is 12.8 Å². The monoisotopic (exact) mass is 1440 g/mol. The Bertz CT molecular complexity index is 1740. The molecule has 0 radical (unpaired) electrons. The van der Waals surface area contributed by atoms with E-state index in [1.807, 2.05) is 0 Å². The summed E-state index contributed by atoms with van der Waals surface area (Å²) in [7, 11) is 0. The van der Waals surface area contributed by atoms with Crippen LogP contribution in [0.3, 0.4) is 0 Å². The van der Waals surface area contributed by atoms with Crippen LogP contribution in [0.4, 0.5) is 0 Å². The number of hydrogen-bond acceptors (Lipinski definition) is 13. The van der Waals surface area contributed by atoms with Crippen molar-refractivity contribution >= 4 is 5.91 Å². The van der Waals surface area contributed by atoms with E-state index in [0.717, 1.165) is 51.4 Å². The van der Waals surface area contributed by atoms with E-state index in [-0.39, 0.29) is 12.5 Å². The predicted molar refractivity (Wildman–Crippen MR) is 420 cm³/mol. The molecule has 2 fully saturated rings. The summed E-state index contributed by atoms with van der Waals surface area (Å²) in [6, 6.07) is -0.827. The zero-order chi connectivity index (χ0) is 73.0. The lowest BCUT2D eigenvalue weighted by Crippen LogP contribution is -2.65. The molecule has 2 heterocycles. The van der Waals surface area contributed by atoms with Gasteiger partial charge in [-0.25, -0.2) is 0 Å². The molecule has 2 saturated heterocycles. The second-order valence-electron chi connectivity index (χ2n) is 31.7. The van der Waals surface area contributed by atoms with E-state index in [1.165, 1.54) is 366 Å². The molecule has 101 heavy (non-hydrogen) atoms. The largest absolute Gasteiger partial charge is 0.394 e. The summed E-state index contributed by atoms with van der Waals surface area (Å²) in [5.41, 5.74) is 0. The number of allylic oxidation sites excluding steroid dienone is 2. The maximum absolute atomic E-state index is 13.4. The van der Waals surface area contributed by atoms with E-state index < -0.39 is 86.8 Å². The number of carbonyl (C=O) groups excluding carboxylic acids is 1. The minimum absolute atomic E-state index is 0.195. The van der Waals surface area contributed by atoms with Gasteiger partial charge >= 0.3 is 0 Å². The van der Waals surface area contributed by atoms with Gasteiger partial charge in [-0.15, -0.1) is 0 Å². The van der Waals surface area contributed by atoms with Gasteiger partial charge in [-0.05, 0) is 38.5 Å². The van der Waals surface area contributed by atoms with Gasteiger partial charge in [-0.3, -0.25) is 4.79 Å². The Hall–Kier alpha value is -1.27. The normalized spacial score (nSPS) is 21.7. The zero-order valence-corrected chi connectivity index (χ0v) is 66.2. The van der Waals surface area contributed by atoms with Crippen molar-refractivity contribution in [3.8, 4) is 0 Å². The van der Waals surface area contributed by atoms with Crippen LogP contribution in [-0.4, -0.2) is 140 Å².